The SMILES string of the molecule is COC(=O)[C@@H](NCc1cnn(C(C)C)c1)C(C)C. The average molecular weight is 253 g/mol. The molecule has 0 radical (unpaired) electrons. The number of esters is 1. The maximum Gasteiger partial charge on any atom is 0.323 e. The number of methoxy groups -OCH3 is 1. The van der Waals surface area contributed by atoms with Crippen molar-refractivity contribution in [2.45, 2.75) is 46.3 Å². The zero-order chi connectivity index (χ0) is 13.7. The Balaban J connectivity index is 2.58. The van der Waals surface area contributed by atoms with Gasteiger partial charge in [-0.3, -0.25) is 14.8 Å². The molecular weight excluding hydrogens is 230 g/mol. The third-order valence-electron chi connectivity index (χ3n) is 2.83. The fourth-order valence-corrected chi connectivity index (χ4v) is 1.70. The molecule has 1 heterocycles. The topological polar surface area (TPSA) is 56.1 Å². The highest BCUT2D eigenvalue weighted by Crippen LogP contribution is 2.08. The maximum absolute atomic E-state index is 11.6. The largest absolute Gasteiger partial charge is 0.468 e. The molecule has 0 aliphatic carbocycles. The van der Waals surface area contributed by atoms with Crippen molar-refractivity contribution in [2.24, 2.45) is 5.92 Å². The quantitative estimate of drug-likeness (QED) is 0.785. The number of aromatic nitrogens is 2. The Labute approximate surface area is 109 Å². The standard InChI is InChI=1S/C13H23N3O2/c1-9(2)12(13(17)18-5)14-6-11-7-15-16(8-11)10(3)4/h7-10,12,14H,6H2,1-5H3/t12-/m0/s1. The van der Waals surface area contributed by atoms with Crippen molar-refractivity contribution in [1.29, 1.82) is 0 Å². The zero-order valence-electron chi connectivity index (χ0n) is 11.8. The molecule has 0 fully saturated rings. The van der Waals surface area contributed by atoms with E-state index in [-0.39, 0.29) is 17.9 Å². The molecular formula is C13H23N3O2. The number of carbonyl (C=O) groups is 1. The molecule has 0 saturated carbocycles. The molecule has 1 atom stereocenters. The van der Waals surface area contributed by atoms with Crippen molar-refractivity contribution in [3.05, 3.63) is 18.0 Å². The van der Waals surface area contributed by atoms with Gasteiger partial charge < -0.3 is 4.74 Å². The van der Waals surface area contributed by atoms with E-state index in [1.807, 2.05) is 30.9 Å². The predicted octanol–water partition coefficient (Wildman–Crippen LogP) is 1.75. The first kappa shape index (κ1) is 14.7. The summed E-state index contributed by atoms with van der Waals surface area (Å²) in [6.07, 6.45) is 3.81. The van der Waals surface area contributed by atoms with E-state index in [9.17, 15) is 4.79 Å². The third-order valence-corrected chi connectivity index (χ3v) is 2.83. The summed E-state index contributed by atoms with van der Waals surface area (Å²) in [7, 11) is 1.41. The van der Waals surface area contributed by atoms with Crippen LogP contribution in [0.5, 0.6) is 0 Å². The highest BCUT2D eigenvalue weighted by Gasteiger charge is 2.22. The molecule has 5 heteroatoms. The van der Waals surface area contributed by atoms with Crippen LogP contribution in [0.1, 0.15) is 39.3 Å². The third kappa shape index (κ3) is 3.84. The van der Waals surface area contributed by atoms with Crippen molar-refractivity contribution in [3.63, 3.8) is 0 Å². The molecule has 1 N–H and O–H groups in total. The highest BCUT2D eigenvalue weighted by atomic mass is 16.5. The smallest absolute Gasteiger partial charge is 0.323 e. The number of hydrogen-bond donors (Lipinski definition) is 1. The first-order valence-corrected chi connectivity index (χ1v) is 6.30. The van der Waals surface area contributed by atoms with E-state index >= 15 is 0 Å². The summed E-state index contributed by atoms with van der Waals surface area (Å²) in [5.41, 5.74) is 1.07. The van der Waals surface area contributed by atoms with Crippen LogP contribution in [-0.4, -0.2) is 28.9 Å². The molecule has 0 aliphatic rings. The molecule has 0 amide bonds. The van der Waals surface area contributed by atoms with Gasteiger partial charge in [0.1, 0.15) is 6.04 Å². The van der Waals surface area contributed by atoms with Crippen LogP contribution < -0.4 is 5.32 Å². The second-order valence-electron chi connectivity index (χ2n) is 5.05. The monoisotopic (exact) mass is 253 g/mol. The molecule has 0 bridgehead atoms. The van der Waals surface area contributed by atoms with Crippen LogP contribution in [0.4, 0.5) is 0 Å². The minimum absolute atomic E-state index is 0.192. The number of nitrogens with zero attached hydrogens (tertiary/aromatic N) is 2. The first-order chi connectivity index (χ1) is 8.45. The van der Waals surface area contributed by atoms with Gasteiger partial charge >= 0.3 is 5.97 Å². The number of nitrogens with one attached hydrogen (secondary N) is 1. The van der Waals surface area contributed by atoms with Gasteiger partial charge in [-0.2, -0.15) is 5.10 Å². The van der Waals surface area contributed by atoms with E-state index in [0.29, 0.717) is 12.6 Å². The Morgan fingerprint density at radius 3 is 2.56 bits per heavy atom. The van der Waals surface area contributed by atoms with Crippen LogP contribution in [0.25, 0.3) is 0 Å². The van der Waals surface area contributed by atoms with Gasteiger partial charge in [-0.1, -0.05) is 13.8 Å². The van der Waals surface area contributed by atoms with Gasteiger partial charge in [-0.05, 0) is 19.8 Å². The molecule has 0 aliphatic heterocycles. The van der Waals surface area contributed by atoms with E-state index in [2.05, 4.69) is 24.3 Å². The lowest BCUT2D eigenvalue weighted by atomic mass is 10.0. The molecule has 0 spiro atoms. The summed E-state index contributed by atoms with van der Waals surface area (Å²) in [6.45, 7) is 8.76. The Kier molecular flexibility index (Phi) is 5.34. The van der Waals surface area contributed by atoms with Gasteiger partial charge in [0.15, 0.2) is 0 Å². The van der Waals surface area contributed by atoms with Gasteiger partial charge in [0.2, 0.25) is 0 Å². The minimum Gasteiger partial charge on any atom is -0.468 e. The van der Waals surface area contributed by atoms with Gasteiger partial charge in [0.05, 0.1) is 13.3 Å². The van der Waals surface area contributed by atoms with E-state index in [1.165, 1.54) is 7.11 Å². The van der Waals surface area contributed by atoms with E-state index in [4.69, 9.17) is 4.74 Å². The van der Waals surface area contributed by atoms with Gasteiger partial charge in [-0.25, -0.2) is 0 Å². The highest BCUT2D eigenvalue weighted by molar-refractivity contribution is 5.75. The maximum atomic E-state index is 11.6. The summed E-state index contributed by atoms with van der Waals surface area (Å²) in [5.74, 6) is -0.0288. The molecule has 0 aromatic carbocycles. The molecule has 5 nitrogen and oxygen atoms in total. The Bertz CT molecular complexity index is 385. The zero-order valence-corrected chi connectivity index (χ0v) is 11.8. The number of rotatable bonds is 6. The normalized spacial score (nSPS) is 13.1. The fourth-order valence-electron chi connectivity index (χ4n) is 1.70. The second kappa shape index (κ2) is 6.54. The van der Waals surface area contributed by atoms with Crippen LogP contribution in [0.3, 0.4) is 0 Å². The predicted molar refractivity (Wildman–Crippen MR) is 70.1 cm³/mol. The van der Waals surface area contributed by atoms with Crippen LogP contribution in [-0.2, 0) is 16.1 Å². The minimum atomic E-state index is -0.280. The summed E-state index contributed by atoms with van der Waals surface area (Å²) in [6, 6.07) is 0.0673. The average Bonchev–Trinajstić information content (AvgIpc) is 2.77. The molecule has 18 heavy (non-hydrogen) atoms. The summed E-state index contributed by atoms with van der Waals surface area (Å²) >= 11 is 0. The van der Waals surface area contributed by atoms with Gasteiger partial charge in [0, 0.05) is 24.3 Å². The summed E-state index contributed by atoms with van der Waals surface area (Å²) in [5, 5.41) is 7.47. The van der Waals surface area contributed by atoms with Crippen LogP contribution in [0.15, 0.2) is 12.4 Å². The molecule has 0 unspecified atom stereocenters. The fraction of sp³-hybridized carbons (Fsp3) is 0.692. The van der Waals surface area contributed by atoms with E-state index in [1.54, 1.807) is 0 Å². The number of hydrogen-bond acceptors (Lipinski definition) is 4. The Hall–Kier alpha value is -1.36. The molecule has 0 saturated heterocycles. The molecule has 1 aromatic heterocycles. The van der Waals surface area contributed by atoms with Crippen LogP contribution in [0.2, 0.25) is 0 Å². The van der Waals surface area contributed by atoms with E-state index in [0.717, 1.165) is 5.56 Å². The van der Waals surface area contributed by atoms with Gasteiger partial charge in [0.25, 0.3) is 0 Å². The van der Waals surface area contributed by atoms with Crippen molar-refractivity contribution < 1.29 is 9.53 Å². The van der Waals surface area contributed by atoms with E-state index < -0.39 is 0 Å². The van der Waals surface area contributed by atoms with Crippen molar-refractivity contribution in [1.82, 2.24) is 15.1 Å². The van der Waals surface area contributed by atoms with Gasteiger partial charge in [-0.15, -0.1) is 0 Å². The summed E-state index contributed by atoms with van der Waals surface area (Å²) < 4.78 is 6.69. The van der Waals surface area contributed by atoms with Crippen molar-refractivity contribution >= 4 is 5.97 Å². The van der Waals surface area contributed by atoms with Crippen molar-refractivity contribution in [2.75, 3.05) is 7.11 Å². The van der Waals surface area contributed by atoms with Crippen molar-refractivity contribution in [3.8, 4) is 0 Å². The lowest BCUT2D eigenvalue weighted by Crippen LogP contribution is -2.41. The Morgan fingerprint density at radius 1 is 1.44 bits per heavy atom. The lowest BCUT2D eigenvalue weighted by Gasteiger charge is -2.19. The summed E-state index contributed by atoms with van der Waals surface area (Å²) in [4.78, 5) is 11.6. The number of ether oxygens (including phenoxy) is 1. The Morgan fingerprint density at radius 2 is 2.11 bits per heavy atom. The molecule has 102 valence electrons. The number of carbonyl (C=O) groups excluding carboxylic acids is 1. The first-order valence-electron chi connectivity index (χ1n) is 6.30. The molecule has 1 rings (SSSR count). The second-order valence-corrected chi connectivity index (χ2v) is 5.05. The lowest BCUT2D eigenvalue weighted by molar-refractivity contribution is -0.144. The van der Waals surface area contributed by atoms with Crippen LogP contribution >= 0.6 is 0 Å². The molecule has 1 aromatic rings. The van der Waals surface area contributed by atoms with Crippen LogP contribution in [0, 0.1) is 5.92 Å².